The fourth-order valence-corrected chi connectivity index (χ4v) is 6.74. The van der Waals surface area contributed by atoms with Gasteiger partial charge in [0.1, 0.15) is 28.2 Å². The zero-order valence-corrected chi connectivity index (χ0v) is 20.1. The van der Waals surface area contributed by atoms with Crippen LogP contribution in [-0.2, 0) is 26.0 Å². The van der Waals surface area contributed by atoms with E-state index in [-0.39, 0.29) is 34.7 Å². The Morgan fingerprint density at radius 2 is 2.03 bits per heavy atom. The number of carbonyl (C=O) groups excluding carboxylic acids is 2. The molecule has 3 heterocycles. The second kappa shape index (κ2) is 9.40. The van der Waals surface area contributed by atoms with Crippen LogP contribution in [0.5, 0.6) is 0 Å². The molecule has 2 aliphatic rings. The number of hydrogen-bond acceptors (Lipinski definition) is 7. The number of furan rings is 1. The van der Waals surface area contributed by atoms with E-state index in [9.17, 15) is 22.4 Å². The number of halogens is 1. The zero-order valence-electron chi connectivity index (χ0n) is 17.7. The van der Waals surface area contributed by atoms with Crippen LogP contribution in [0.15, 0.2) is 45.7 Å². The molecule has 0 aliphatic carbocycles. The first kappa shape index (κ1) is 23.7. The zero-order chi connectivity index (χ0) is 23.8. The summed E-state index contributed by atoms with van der Waals surface area (Å²) in [4.78, 5) is 29.2. The third kappa shape index (κ3) is 5.53. The Morgan fingerprint density at radius 3 is 2.64 bits per heavy atom. The number of hydrogen-bond donors (Lipinski definition) is 0. The second-order valence-electron chi connectivity index (χ2n) is 7.91. The van der Waals surface area contributed by atoms with E-state index in [1.807, 2.05) is 0 Å². The lowest BCUT2D eigenvalue weighted by Crippen LogP contribution is -2.46. The summed E-state index contributed by atoms with van der Waals surface area (Å²) in [5.74, 6) is -0.111. The predicted molar refractivity (Wildman–Crippen MR) is 127 cm³/mol. The Labute approximate surface area is 200 Å². The molecule has 2 fully saturated rings. The first-order chi connectivity index (χ1) is 15.6. The fourth-order valence-electron chi connectivity index (χ4n) is 3.75. The quantitative estimate of drug-likeness (QED) is 0.438. The molecule has 0 N–H and O–H groups in total. The van der Waals surface area contributed by atoms with E-state index in [2.05, 4.69) is 0 Å². The van der Waals surface area contributed by atoms with Crippen molar-refractivity contribution in [1.29, 1.82) is 0 Å². The summed E-state index contributed by atoms with van der Waals surface area (Å²) in [5, 5.41) is 0. The number of thioether (sulfide) groups is 1. The van der Waals surface area contributed by atoms with Crippen LogP contribution < -0.4 is 0 Å². The smallest absolute Gasteiger partial charge is 0.266 e. The van der Waals surface area contributed by atoms with Crippen LogP contribution in [0, 0.1) is 12.7 Å². The molecule has 0 saturated carbocycles. The highest BCUT2D eigenvalue weighted by molar-refractivity contribution is 8.26. The minimum absolute atomic E-state index is 0.0140. The molecule has 1 aromatic carbocycles. The average Bonchev–Trinajstić information content (AvgIpc) is 3.41. The Kier molecular flexibility index (Phi) is 6.73. The maximum atomic E-state index is 13.3. The van der Waals surface area contributed by atoms with Crippen LogP contribution in [0.2, 0.25) is 0 Å². The van der Waals surface area contributed by atoms with Gasteiger partial charge in [0.15, 0.2) is 9.84 Å². The minimum Gasteiger partial charge on any atom is -0.464 e. The molecule has 4 rings (SSSR count). The molecule has 11 heteroatoms. The van der Waals surface area contributed by atoms with Gasteiger partial charge in [-0.2, -0.15) is 0 Å². The summed E-state index contributed by atoms with van der Waals surface area (Å²) in [6, 6.07) is 8.68. The fraction of sp³-hybridized carbons (Fsp3) is 0.318. The maximum absolute atomic E-state index is 13.3. The molecular weight excluding hydrogens is 487 g/mol. The minimum atomic E-state index is -3.23. The molecule has 2 amide bonds. The summed E-state index contributed by atoms with van der Waals surface area (Å²) in [5.41, 5.74) is 0.634. The van der Waals surface area contributed by atoms with Crippen LogP contribution in [0.1, 0.15) is 23.5 Å². The lowest BCUT2D eigenvalue weighted by molar-refractivity contribution is -0.137. The van der Waals surface area contributed by atoms with Crippen molar-refractivity contribution < 1.29 is 26.8 Å². The third-order valence-electron chi connectivity index (χ3n) is 5.43. The van der Waals surface area contributed by atoms with Gasteiger partial charge >= 0.3 is 0 Å². The number of sulfone groups is 1. The SMILES string of the molecule is Cc1ccc(CN(C(=O)CN2C(=O)/C(=C/c3ccc(F)cc3)SC2=S)C2CCS(=O)(=O)C2)o1. The molecule has 2 aromatic rings. The molecule has 1 unspecified atom stereocenters. The van der Waals surface area contributed by atoms with E-state index in [0.29, 0.717) is 28.4 Å². The van der Waals surface area contributed by atoms with Crippen molar-refractivity contribution in [2.45, 2.75) is 25.9 Å². The number of aryl methyl sites for hydroxylation is 1. The van der Waals surface area contributed by atoms with Crippen LogP contribution in [0.3, 0.4) is 0 Å². The van der Waals surface area contributed by atoms with Crippen LogP contribution >= 0.6 is 24.0 Å². The van der Waals surface area contributed by atoms with Crippen molar-refractivity contribution in [3.63, 3.8) is 0 Å². The molecule has 174 valence electrons. The van der Waals surface area contributed by atoms with Crippen LogP contribution in [0.25, 0.3) is 6.08 Å². The van der Waals surface area contributed by atoms with Crippen LogP contribution in [-0.4, -0.2) is 58.4 Å². The first-order valence-electron chi connectivity index (χ1n) is 10.2. The van der Waals surface area contributed by atoms with Gasteiger partial charge in [-0.15, -0.1) is 0 Å². The summed E-state index contributed by atoms with van der Waals surface area (Å²) >= 11 is 6.39. The number of thiocarbonyl (C=S) groups is 1. The average molecular weight is 509 g/mol. The Balaban J connectivity index is 1.52. The number of rotatable bonds is 6. The Hall–Kier alpha value is -2.50. The van der Waals surface area contributed by atoms with E-state index in [1.165, 1.54) is 21.9 Å². The van der Waals surface area contributed by atoms with Crippen molar-refractivity contribution in [3.05, 3.63) is 64.2 Å². The maximum Gasteiger partial charge on any atom is 0.266 e. The van der Waals surface area contributed by atoms with Gasteiger partial charge in [-0.3, -0.25) is 14.5 Å². The standard InChI is InChI=1S/C22H21FN2O5S3/c1-14-2-7-18(30-14)11-24(17-8-9-33(28,29)13-17)20(26)12-25-21(27)19(32-22(25)31)10-15-3-5-16(23)6-4-15/h2-7,10,17H,8-9,11-13H2,1H3/b19-10-. The van der Waals surface area contributed by atoms with Crippen molar-refractivity contribution in [3.8, 4) is 0 Å². The third-order valence-corrected chi connectivity index (χ3v) is 8.55. The first-order valence-corrected chi connectivity index (χ1v) is 13.2. The molecular formula is C22H21FN2O5S3. The summed E-state index contributed by atoms with van der Waals surface area (Å²) in [7, 11) is -3.23. The molecule has 0 spiro atoms. The number of nitrogens with zero attached hydrogens (tertiary/aromatic N) is 2. The number of benzene rings is 1. The molecule has 33 heavy (non-hydrogen) atoms. The molecule has 0 bridgehead atoms. The van der Waals surface area contributed by atoms with Crippen molar-refractivity contribution >= 4 is 56.0 Å². The lowest BCUT2D eigenvalue weighted by atomic mass is 10.2. The van der Waals surface area contributed by atoms with Crippen molar-refractivity contribution in [2.24, 2.45) is 0 Å². The highest BCUT2D eigenvalue weighted by atomic mass is 32.2. The highest BCUT2D eigenvalue weighted by Crippen LogP contribution is 2.33. The summed E-state index contributed by atoms with van der Waals surface area (Å²) < 4.78 is 43.0. The van der Waals surface area contributed by atoms with Crippen molar-refractivity contribution in [2.75, 3.05) is 18.1 Å². The van der Waals surface area contributed by atoms with Gasteiger partial charge in [-0.1, -0.05) is 36.1 Å². The summed E-state index contributed by atoms with van der Waals surface area (Å²) in [6.45, 7) is 1.58. The van der Waals surface area contributed by atoms with Gasteiger partial charge < -0.3 is 9.32 Å². The molecule has 0 radical (unpaired) electrons. The predicted octanol–water partition coefficient (Wildman–Crippen LogP) is 3.14. The van der Waals surface area contributed by atoms with E-state index in [1.54, 1.807) is 37.3 Å². The molecule has 2 saturated heterocycles. The molecule has 7 nitrogen and oxygen atoms in total. The van der Waals surface area contributed by atoms with Crippen LogP contribution in [0.4, 0.5) is 4.39 Å². The van der Waals surface area contributed by atoms with Gasteiger partial charge in [-0.25, -0.2) is 12.8 Å². The molecule has 1 atom stereocenters. The van der Waals surface area contributed by atoms with Gasteiger partial charge in [0.25, 0.3) is 5.91 Å². The number of carbonyl (C=O) groups is 2. The van der Waals surface area contributed by atoms with Gasteiger partial charge in [0, 0.05) is 6.04 Å². The Morgan fingerprint density at radius 1 is 1.30 bits per heavy atom. The van der Waals surface area contributed by atoms with E-state index in [4.69, 9.17) is 16.6 Å². The van der Waals surface area contributed by atoms with E-state index < -0.39 is 27.7 Å². The van der Waals surface area contributed by atoms with E-state index >= 15 is 0 Å². The van der Waals surface area contributed by atoms with E-state index in [0.717, 1.165) is 11.8 Å². The monoisotopic (exact) mass is 508 g/mol. The van der Waals surface area contributed by atoms with Gasteiger partial charge in [0.2, 0.25) is 5.91 Å². The van der Waals surface area contributed by atoms with Gasteiger partial charge in [0.05, 0.1) is 23.0 Å². The molecule has 1 aromatic heterocycles. The largest absolute Gasteiger partial charge is 0.464 e. The second-order valence-corrected chi connectivity index (χ2v) is 11.8. The van der Waals surface area contributed by atoms with Gasteiger partial charge in [-0.05, 0) is 49.2 Å². The molecule has 2 aliphatic heterocycles. The Bertz CT molecular complexity index is 1240. The van der Waals surface area contributed by atoms with Crippen molar-refractivity contribution in [1.82, 2.24) is 9.80 Å². The lowest BCUT2D eigenvalue weighted by Gasteiger charge is -2.29. The normalized spacial score (nSPS) is 21.2. The highest BCUT2D eigenvalue weighted by Gasteiger charge is 2.38. The topological polar surface area (TPSA) is 87.9 Å². The summed E-state index contributed by atoms with van der Waals surface area (Å²) in [6.07, 6.45) is 1.92. The number of amides is 2.